The van der Waals surface area contributed by atoms with Crippen molar-refractivity contribution in [3.8, 4) is 0 Å². The van der Waals surface area contributed by atoms with Gasteiger partial charge < -0.3 is 19.5 Å². The van der Waals surface area contributed by atoms with Gasteiger partial charge in [-0.1, -0.05) is 86.8 Å². The van der Waals surface area contributed by atoms with Crippen molar-refractivity contribution in [2.24, 2.45) is 0 Å². The molecule has 0 spiro atoms. The number of ether oxygens (including phenoxy) is 3. The Hall–Kier alpha value is -1.72. The van der Waals surface area contributed by atoms with Gasteiger partial charge in [-0.15, -0.1) is 0 Å². The first-order chi connectivity index (χ1) is 14.8. The van der Waals surface area contributed by atoms with Gasteiger partial charge in [-0.2, -0.15) is 0 Å². The minimum Gasteiger partial charge on any atom is -0.374 e. The van der Waals surface area contributed by atoms with Gasteiger partial charge in [-0.3, -0.25) is 0 Å². The van der Waals surface area contributed by atoms with E-state index in [0.717, 1.165) is 19.4 Å². The average molecular weight is 412 g/mol. The van der Waals surface area contributed by atoms with E-state index in [4.69, 9.17) is 14.2 Å². The van der Waals surface area contributed by atoms with Gasteiger partial charge in [0, 0.05) is 13.0 Å². The molecule has 1 aliphatic carbocycles. The number of nitrogens with one attached hydrogen (secondary N) is 1. The second-order valence-electron chi connectivity index (χ2n) is 8.12. The Morgan fingerprint density at radius 1 is 0.767 bits per heavy atom. The highest BCUT2D eigenvalue weighted by Crippen LogP contribution is 2.30. The van der Waals surface area contributed by atoms with Gasteiger partial charge in [-0.25, -0.2) is 0 Å². The van der Waals surface area contributed by atoms with Crippen molar-refractivity contribution >= 4 is 0 Å². The van der Waals surface area contributed by atoms with E-state index in [1.54, 1.807) is 0 Å². The highest BCUT2D eigenvalue weighted by molar-refractivity contribution is 5.14. The lowest BCUT2D eigenvalue weighted by atomic mass is 10.1. The monoisotopic (exact) mass is 411 g/mol. The van der Waals surface area contributed by atoms with Crippen molar-refractivity contribution in [2.45, 2.75) is 76.6 Å². The topological polar surface area (TPSA) is 39.7 Å². The maximum atomic E-state index is 6.37. The van der Waals surface area contributed by atoms with Gasteiger partial charge in [0.2, 0.25) is 0 Å². The van der Waals surface area contributed by atoms with E-state index in [1.165, 1.54) is 30.4 Å². The molecular weight excluding hydrogens is 374 g/mol. The highest BCUT2D eigenvalue weighted by Gasteiger charge is 2.44. The smallest absolute Gasteiger partial charge is 0.101 e. The number of likely N-dealkylation sites (N-methyl/N-ethyl adjacent to an activating group) is 1. The van der Waals surface area contributed by atoms with Crippen LogP contribution in [0.5, 0.6) is 0 Å². The number of hydrogen-bond donors (Lipinski definition) is 1. The number of unbranched alkanes of at least 4 members (excludes halogenated alkanes) is 3. The highest BCUT2D eigenvalue weighted by atomic mass is 16.6. The summed E-state index contributed by atoms with van der Waals surface area (Å²) in [7, 11) is 2.00. The lowest BCUT2D eigenvalue weighted by molar-refractivity contribution is -0.0715. The molecule has 2 aromatic carbocycles. The predicted molar refractivity (Wildman–Crippen MR) is 121 cm³/mol. The molecule has 0 radical (unpaired) electrons. The summed E-state index contributed by atoms with van der Waals surface area (Å²) in [5, 5.41) is 3.45. The molecule has 0 heterocycles. The number of benzene rings is 2. The van der Waals surface area contributed by atoms with Crippen LogP contribution in [0.3, 0.4) is 0 Å². The Balaban J connectivity index is 1.60. The van der Waals surface area contributed by atoms with Crippen LogP contribution in [-0.2, 0) is 27.4 Å². The summed E-state index contributed by atoms with van der Waals surface area (Å²) in [4.78, 5) is 0. The van der Waals surface area contributed by atoms with Gasteiger partial charge in [0.15, 0.2) is 0 Å². The second kappa shape index (κ2) is 12.9. The molecule has 0 aliphatic heterocycles. The van der Waals surface area contributed by atoms with Gasteiger partial charge in [0.05, 0.1) is 31.5 Å². The predicted octanol–water partition coefficient (Wildman–Crippen LogP) is 5.11. The van der Waals surface area contributed by atoms with Crippen molar-refractivity contribution in [1.29, 1.82) is 0 Å². The molecule has 1 fully saturated rings. The van der Waals surface area contributed by atoms with Crippen LogP contribution in [-0.4, -0.2) is 38.0 Å². The second-order valence-corrected chi connectivity index (χ2v) is 8.12. The fourth-order valence-electron chi connectivity index (χ4n) is 4.15. The number of rotatable bonds is 13. The average Bonchev–Trinajstić information content (AvgIpc) is 3.14. The maximum Gasteiger partial charge on any atom is 0.101 e. The Labute approximate surface area is 181 Å². The minimum atomic E-state index is 0.00103. The molecule has 0 saturated heterocycles. The van der Waals surface area contributed by atoms with Crippen LogP contribution in [0.1, 0.15) is 50.2 Å². The van der Waals surface area contributed by atoms with Crippen molar-refractivity contribution in [1.82, 2.24) is 5.32 Å². The largest absolute Gasteiger partial charge is 0.374 e. The molecule has 2 aromatic rings. The molecule has 4 nitrogen and oxygen atoms in total. The molecule has 1 aliphatic rings. The van der Waals surface area contributed by atoms with E-state index in [2.05, 4.69) is 60.8 Å². The summed E-state index contributed by atoms with van der Waals surface area (Å²) >= 11 is 0. The maximum absolute atomic E-state index is 6.37. The summed E-state index contributed by atoms with van der Waals surface area (Å²) in [6.07, 6.45) is 5.75. The fraction of sp³-hybridized carbons (Fsp3) is 0.538. The SMILES string of the molecule is CCCCCCO[C@H]1[C@H](NC)[C@@H](OCc2ccccc2)C[C@H]1OCc1ccccc1. The molecular formula is C26H37NO3. The van der Waals surface area contributed by atoms with E-state index in [1.807, 2.05) is 19.2 Å². The molecule has 1 N–H and O–H groups in total. The van der Waals surface area contributed by atoms with E-state index >= 15 is 0 Å². The van der Waals surface area contributed by atoms with E-state index in [9.17, 15) is 0 Å². The van der Waals surface area contributed by atoms with Gasteiger partial charge in [-0.05, 0) is 24.6 Å². The summed E-state index contributed by atoms with van der Waals surface area (Å²) in [5.41, 5.74) is 2.38. The van der Waals surface area contributed by atoms with Crippen LogP contribution in [0.2, 0.25) is 0 Å². The van der Waals surface area contributed by atoms with E-state index in [-0.39, 0.29) is 24.4 Å². The summed E-state index contributed by atoms with van der Waals surface area (Å²) < 4.78 is 19.0. The molecule has 0 unspecified atom stereocenters. The molecule has 1 saturated carbocycles. The Morgan fingerprint density at radius 2 is 1.37 bits per heavy atom. The lowest BCUT2D eigenvalue weighted by Gasteiger charge is -2.27. The molecule has 4 heteroatoms. The van der Waals surface area contributed by atoms with Crippen LogP contribution in [0.25, 0.3) is 0 Å². The van der Waals surface area contributed by atoms with Crippen LogP contribution < -0.4 is 5.32 Å². The standard InChI is InChI=1S/C26H37NO3/c1-3-4-5-12-17-28-26-24(30-20-22-15-10-7-11-16-22)18-23(25(26)27-2)29-19-21-13-8-6-9-14-21/h6-11,13-16,23-27H,3-5,12,17-20H2,1-2H3/t23-,24+,25+,26+/m0/s1. The molecule has 3 rings (SSSR count). The molecule has 4 atom stereocenters. The van der Waals surface area contributed by atoms with E-state index in [0.29, 0.717) is 13.2 Å². The number of hydrogen-bond acceptors (Lipinski definition) is 4. The molecule has 30 heavy (non-hydrogen) atoms. The first-order valence-electron chi connectivity index (χ1n) is 11.4. The Kier molecular flexibility index (Phi) is 9.84. The van der Waals surface area contributed by atoms with Gasteiger partial charge in [0.1, 0.15) is 6.10 Å². The third kappa shape index (κ3) is 6.92. The van der Waals surface area contributed by atoms with Crippen LogP contribution >= 0.6 is 0 Å². The van der Waals surface area contributed by atoms with Crippen molar-refractivity contribution < 1.29 is 14.2 Å². The summed E-state index contributed by atoms with van der Waals surface area (Å²) in [6.45, 7) is 4.22. The zero-order chi connectivity index (χ0) is 21.0. The third-order valence-electron chi connectivity index (χ3n) is 5.84. The summed E-state index contributed by atoms with van der Waals surface area (Å²) in [6, 6.07) is 20.8. The van der Waals surface area contributed by atoms with Gasteiger partial charge >= 0.3 is 0 Å². The first-order valence-corrected chi connectivity index (χ1v) is 11.4. The van der Waals surface area contributed by atoms with Crippen LogP contribution in [0.15, 0.2) is 60.7 Å². The van der Waals surface area contributed by atoms with Crippen LogP contribution in [0, 0.1) is 0 Å². The first kappa shape index (κ1) is 23.0. The van der Waals surface area contributed by atoms with Crippen LogP contribution in [0.4, 0.5) is 0 Å². The molecule has 164 valence electrons. The van der Waals surface area contributed by atoms with Crippen molar-refractivity contribution in [3.05, 3.63) is 71.8 Å². The molecule has 0 aromatic heterocycles. The lowest BCUT2D eigenvalue weighted by Crippen LogP contribution is -2.45. The Bertz CT molecular complexity index is 694. The fourth-order valence-corrected chi connectivity index (χ4v) is 4.15. The zero-order valence-electron chi connectivity index (χ0n) is 18.5. The summed E-state index contributed by atoms with van der Waals surface area (Å²) in [5.74, 6) is 0. The normalized spacial score (nSPS) is 23.7. The molecule has 0 amide bonds. The van der Waals surface area contributed by atoms with Crippen molar-refractivity contribution in [2.75, 3.05) is 13.7 Å². The van der Waals surface area contributed by atoms with Crippen molar-refractivity contribution in [3.63, 3.8) is 0 Å². The quantitative estimate of drug-likeness (QED) is 0.465. The Morgan fingerprint density at radius 3 is 1.93 bits per heavy atom. The van der Waals surface area contributed by atoms with Gasteiger partial charge in [0.25, 0.3) is 0 Å². The zero-order valence-corrected chi connectivity index (χ0v) is 18.5. The van der Waals surface area contributed by atoms with E-state index < -0.39 is 0 Å². The third-order valence-corrected chi connectivity index (χ3v) is 5.84. The minimum absolute atomic E-state index is 0.00103. The molecule has 0 bridgehead atoms.